The Kier molecular flexibility index (Phi) is 3.26. The van der Waals surface area contributed by atoms with E-state index in [2.05, 4.69) is 0 Å². The van der Waals surface area contributed by atoms with Gasteiger partial charge >= 0.3 is 6.18 Å². The van der Waals surface area contributed by atoms with Crippen molar-refractivity contribution in [1.82, 2.24) is 0 Å². The van der Waals surface area contributed by atoms with Crippen LogP contribution in [0.3, 0.4) is 0 Å². The van der Waals surface area contributed by atoms with E-state index in [-0.39, 0.29) is 11.1 Å². The molecule has 4 N–H and O–H groups in total. The number of rotatable bonds is 0. The summed E-state index contributed by atoms with van der Waals surface area (Å²) in [6, 6.07) is 0.136. The molecule has 20 heavy (non-hydrogen) atoms. The molecule has 0 saturated carbocycles. The fraction of sp³-hybridized carbons (Fsp3) is 0.538. The van der Waals surface area contributed by atoms with E-state index in [0.717, 1.165) is 12.1 Å². The van der Waals surface area contributed by atoms with Gasteiger partial charge in [-0.1, -0.05) is 19.9 Å². The van der Waals surface area contributed by atoms with Gasteiger partial charge < -0.3 is 15.9 Å². The third-order valence-corrected chi connectivity index (χ3v) is 4.36. The monoisotopic (exact) mass is 293 g/mol. The lowest BCUT2D eigenvalue weighted by Crippen LogP contribution is -2.60. The average Bonchev–Trinajstić information content (AvgIpc) is 2.35. The fourth-order valence-corrected chi connectivity index (χ4v) is 2.93. The van der Waals surface area contributed by atoms with E-state index in [0.29, 0.717) is 0 Å². The molecule has 0 amide bonds. The highest BCUT2D eigenvalue weighted by molar-refractivity contribution is 5.48. The lowest BCUT2D eigenvalue weighted by molar-refractivity contribution is -0.291. The highest BCUT2D eigenvalue weighted by Gasteiger charge is 2.64. The molecule has 2 rings (SSSR count). The molecular formula is C13H15F4NO2. The molecule has 3 nitrogen and oxygen atoms in total. The van der Waals surface area contributed by atoms with Gasteiger partial charge in [-0.2, -0.15) is 13.2 Å². The quantitative estimate of drug-likeness (QED) is 0.644. The zero-order chi connectivity index (χ0) is 15.5. The van der Waals surface area contributed by atoms with Gasteiger partial charge in [0.1, 0.15) is 0 Å². The average molecular weight is 293 g/mol. The first-order valence-corrected chi connectivity index (χ1v) is 6.09. The van der Waals surface area contributed by atoms with E-state index in [4.69, 9.17) is 5.73 Å². The normalized spacial score (nSPS) is 33.9. The topological polar surface area (TPSA) is 66.5 Å². The molecule has 4 atom stereocenters. The predicted molar refractivity (Wildman–Crippen MR) is 63.6 cm³/mol. The predicted octanol–water partition coefficient (Wildman–Crippen LogP) is 2.58. The van der Waals surface area contributed by atoms with E-state index in [1.165, 1.54) is 13.8 Å². The summed E-state index contributed by atoms with van der Waals surface area (Å²) in [7, 11) is 0. The maximum Gasteiger partial charge on any atom is 0.419 e. The molecule has 7 heteroatoms. The summed E-state index contributed by atoms with van der Waals surface area (Å²) >= 11 is 0. The minimum absolute atomic E-state index is 0.0268. The van der Waals surface area contributed by atoms with Crippen molar-refractivity contribution < 1.29 is 27.8 Å². The summed E-state index contributed by atoms with van der Waals surface area (Å²) < 4.78 is 53.0. The standard InChI is InChI=1S/C13H15F4NO2/c1-5-6(2)12(20,13(15,16)17)11(18)7-3-4-8(14)10(19)9(5)7/h3-6,11,19-20H,18H2,1-2H3. The van der Waals surface area contributed by atoms with Crippen molar-refractivity contribution in [2.24, 2.45) is 11.7 Å². The third kappa shape index (κ3) is 1.73. The summed E-state index contributed by atoms with van der Waals surface area (Å²) in [5.41, 5.74) is 2.40. The molecule has 0 aromatic heterocycles. The summed E-state index contributed by atoms with van der Waals surface area (Å²) in [5.74, 6) is -3.85. The van der Waals surface area contributed by atoms with E-state index in [1.807, 2.05) is 0 Å². The van der Waals surface area contributed by atoms with Crippen LogP contribution in [0.5, 0.6) is 5.75 Å². The summed E-state index contributed by atoms with van der Waals surface area (Å²) in [6.07, 6.45) is -4.93. The van der Waals surface area contributed by atoms with E-state index < -0.39 is 41.2 Å². The maximum atomic E-state index is 13.4. The Morgan fingerprint density at radius 2 is 1.80 bits per heavy atom. The first-order chi connectivity index (χ1) is 9.03. The van der Waals surface area contributed by atoms with Crippen LogP contribution in [0.25, 0.3) is 0 Å². The van der Waals surface area contributed by atoms with Crippen LogP contribution in [0.1, 0.15) is 36.9 Å². The number of phenolic OH excluding ortho intramolecular Hbond substituents is 1. The van der Waals surface area contributed by atoms with Crippen molar-refractivity contribution in [1.29, 1.82) is 0 Å². The van der Waals surface area contributed by atoms with Gasteiger partial charge in [-0.3, -0.25) is 0 Å². The molecular weight excluding hydrogens is 278 g/mol. The molecule has 0 fully saturated rings. The number of aromatic hydroxyl groups is 1. The van der Waals surface area contributed by atoms with Gasteiger partial charge in [-0.15, -0.1) is 0 Å². The van der Waals surface area contributed by atoms with Crippen molar-refractivity contribution in [2.45, 2.75) is 37.6 Å². The Labute approximate surface area is 113 Å². The molecule has 0 spiro atoms. The van der Waals surface area contributed by atoms with Gasteiger partial charge in [0.15, 0.2) is 17.2 Å². The van der Waals surface area contributed by atoms with Crippen LogP contribution >= 0.6 is 0 Å². The van der Waals surface area contributed by atoms with Crippen LogP contribution in [0.4, 0.5) is 17.6 Å². The Balaban J connectivity index is 2.71. The maximum absolute atomic E-state index is 13.4. The molecule has 0 saturated heterocycles. The van der Waals surface area contributed by atoms with Crippen molar-refractivity contribution >= 4 is 0 Å². The van der Waals surface area contributed by atoms with Gasteiger partial charge in [-0.25, -0.2) is 4.39 Å². The van der Waals surface area contributed by atoms with Crippen molar-refractivity contribution in [3.05, 3.63) is 29.1 Å². The van der Waals surface area contributed by atoms with Gasteiger partial charge in [-0.05, 0) is 17.5 Å². The molecule has 0 heterocycles. The molecule has 1 aliphatic rings. The van der Waals surface area contributed by atoms with Gasteiger partial charge in [0.25, 0.3) is 0 Å². The summed E-state index contributed by atoms with van der Waals surface area (Å²) in [6.45, 7) is 2.58. The number of hydrogen-bond donors (Lipinski definition) is 3. The molecule has 112 valence electrons. The van der Waals surface area contributed by atoms with Crippen molar-refractivity contribution in [2.75, 3.05) is 0 Å². The number of fused-ring (bicyclic) bond motifs is 1. The molecule has 1 aliphatic carbocycles. The first kappa shape index (κ1) is 15.1. The van der Waals surface area contributed by atoms with Crippen LogP contribution in [-0.2, 0) is 0 Å². The van der Waals surface area contributed by atoms with E-state index in [9.17, 15) is 27.8 Å². The Bertz CT molecular complexity index is 546. The molecule has 4 unspecified atom stereocenters. The Morgan fingerprint density at radius 1 is 1.25 bits per heavy atom. The second kappa shape index (κ2) is 4.33. The number of benzene rings is 1. The largest absolute Gasteiger partial charge is 0.505 e. The SMILES string of the molecule is CC1c2c(ccc(F)c2O)C(N)C(O)(C(F)(F)F)C1C. The molecule has 0 radical (unpaired) electrons. The van der Waals surface area contributed by atoms with Gasteiger partial charge in [0.05, 0.1) is 6.04 Å². The number of phenols is 1. The van der Waals surface area contributed by atoms with Crippen molar-refractivity contribution in [3.63, 3.8) is 0 Å². The summed E-state index contributed by atoms with van der Waals surface area (Å²) in [5, 5.41) is 19.8. The van der Waals surface area contributed by atoms with Crippen LogP contribution in [0.2, 0.25) is 0 Å². The van der Waals surface area contributed by atoms with Crippen LogP contribution < -0.4 is 5.73 Å². The highest BCUT2D eigenvalue weighted by Crippen LogP contribution is 2.55. The highest BCUT2D eigenvalue weighted by atomic mass is 19.4. The lowest BCUT2D eigenvalue weighted by Gasteiger charge is -2.47. The lowest BCUT2D eigenvalue weighted by atomic mass is 9.64. The first-order valence-electron chi connectivity index (χ1n) is 6.09. The number of aliphatic hydroxyl groups is 1. The Hall–Kier alpha value is -1.34. The zero-order valence-corrected chi connectivity index (χ0v) is 10.9. The van der Waals surface area contributed by atoms with Crippen LogP contribution in [0, 0.1) is 11.7 Å². The van der Waals surface area contributed by atoms with E-state index in [1.54, 1.807) is 0 Å². The van der Waals surface area contributed by atoms with Crippen LogP contribution in [-0.4, -0.2) is 22.0 Å². The third-order valence-electron chi connectivity index (χ3n) is 4.36. The number of halogens is 4. The zero-order valence-electron chi connectivity index (χ0n) is 10.9. The molecule has 1 aromatic carbocycles. The van der Waals surface area contributed by atoms with Crippen LogP contribution in [0.15, 0.2) is 12.1 Å². The minimum atomic E-state index is -4.93. The number of nitrogens with two attached hydrogens (primary N) is 1. The van der Waals surface area contributed by atoms with Crippen molar-refractivity contribution in [3.8, 4) is 5.75 Å². The van der Waals surface area contributed by atoms with Gasteiger partial charge in [0, 0.05) is 11.5 Å². The van der Waals surface area contributed by atoms with Gasteiger partial charge in [0.2, 0.25) is 0 Å². The Morgan fingerprint density at radius 3 is 2.30 bits per heavy atom. The summed E-state index contributed by atoms with van der Waals surface area (Å²) in [4.78, 5) is 0. The molecule has 0 bridgehead atoms. The second-order valence-electron chi connectivity index (χ2n) is 5.28. The van der Waals surface area contributed by atoms with E-state index >= 15 is 0 Å². The molecule has 1 aromatic rings. The number of hydrogen-bond acceptors (Lipinski definition) is 3. The minimum Gasteiger partial charge on any atom is -0.505 e. The smallest absolute Gasteiger partial charge is 0.419 e. The molecule has 0 aliphatic heterocycles. The number of alkyl halides is 3. The second-order valence-corrected chi connectivity index (χ2v) is 5.28. The fourth-order valence-electron chi connectivity index (χ4n) is 2.93.